The van der Waals surface area contributed by atoms with E-state index in [9.17, 15) is 13.2 Å². The number of nitrogens with one attached hydrogen (secondary N) is 1. The Morgan fingerprint density at radius 1 is 1.26 bits per heavy atom. The van der Waals surface area contributed by atoms with Gasteiger partial charge in [0.05, 0.1) is 17.6 Å². The Hall–Kier alpha value is -1.46. The minimum absolute atomic E-state index is 0.254. The van der Waals surface area contributed by atoms with Gasteiger partial charge in [-0.15, -0.1) is 0 Å². The monoisotopic (exact) mass is 271 g/mol. The molecular weight excluding hydrogens is 255 g/mol. The SMILES string of the molecule is Nc1cnc(C(F)(F)F)cc1NC1CC2CCC1C2. The molecule has 0 amide bonds. The molecular formula is C13H16F3N3. The van der Waals surface area contributed by atoms with E-state index in [2.05, 4.69) is 10.3 Å². The third kappa shape index (κ3) is 2.35. The summed E-state index contributed by atoms with van der Waals surface area (Å²) in [5.41, 5.74) is 5.46. The lowest BCUT2D eigenvalue weighted by atomic mass is 9.95. The molecule has 2 fully saturated rings. The Balaban J connectivity index is 1.80. The average Bonchev–Trinajstić information content (AvgIpc) is 2.92. The summed E-state index contributed by atoms with van der Waals surface area (Å²) in [7, 11) is 0. The Morgan fingerprint density at radius 2 is 2.05 bits per heavy atom. The van der Waals surface area contributed by atoms with Gasteiger partial charge in [-0.25, -0.2) is 4.98 Å². The molecule has 3 nitrogen and oxygen atoms in total. The topological polar surface area (TPSA) is 50.9 Å². The Labute approximate surface area is 109 Å². The van der Waals surface area contributed by atoms with Crippen LogP contribution < -0.4 is 11.1 Å². The van der Waals surface area contributed by atoms with Crippen LogP contribution in [0.15, 0.2) is 12.3 Å². The summed E-state index contributed by atoms with van der Waals surface area (Å²) in [4.78, 5) is 3.34. The van der Waals surface area contributed by atoms with E-state index >= 15 is 0 Å². The second-order valence-corrected chi connectivity index (χ2v) is 5.58. The summed E-state index contributed by atoms with van der Waals surface area (Å²) < 4.78 is 37.9. The standard InChI is InChI=1S/C13H16F3N3/c14-13(15,16)12-5-11(9(17)6-18-12)19-10-4-7-1-2-8(10)3-7/h5-8,10H,1-4,17H2,(H,18,19). The van der Waals surface area contributed by atoms with Gasteiger partial charge in [0.2, 0.25) is 0 Å². The van der Waals surface area contributed by atoms with E-state index < -0.39 is 11.9 Å². The zero-order valence-electron chi connectivity index (χ0n) is 10.4. The number of hydrogen-bond donors (Lipinski definition) is 2. The first-order valence-electron chi connectivity index (χ1n) is 6.52. The van der Waals surface area contributed by atoms with E-state index in [1.54, 1.807) is 0 Å². The smallest absolute Gasteiger partial charge is 0.396 e. The lowest BCUT2D eigenvalue weighted by Crippen LogP contribution is -2.26. The zero-order valence-corrected chi connectivity index (χ0v) is 10.4. The van der Waals surface area contributed by atoms with Crippen LogP contribution in [0.25, 0.3) is 0 Å². The fourth-order valence-electron chi connectivity index (χ4n) is 3.37. The van der Waals surface area contributed by atoms with E-state index in [1.165, 1.54) is 19.3 Å². The zero-order chi connectivity index (χ0) is 13.6. The van der Waals surface area contributed by atoms with Crippen molar-refractivity contribution in [3.8, 4) is 0 Å². The van der Waals surface area contributed by atoms with Crippen molar-refractivity contribution < 1.29 is 13.2 Å². The van der Waals surface area contributed by atoms with Crippen LogP contribution in [0.3, 0.4) is 0 Å². The van der Waals surface area contributed by atoms with Gasteiger partial charge in [0.15, 0.2) is 0 Å². The maximum Gasteiger partial charge on any atom is 0.433 e. The second-order valence-electron chi connectivity index (χ2n) is 5.58. The van der Waals surface area contributed by atoms with Crippen molar-refractivity contribution in [2.24, 2.45) is 11.8 Å². The van der Waals surface area contributed by atoms with Gasteiger partial charge in [-0.1, -0.05) is 6.42 Å². The molecule has 1 heterocycles. The van der Waals surface area contributed by atoms with Gasteiger partial charge in [-0.3, -0.25) is 0 Å². The summed E-state index contributed by atoms with van der Waals surface area (Å²) >= 11 is 0. The third-order valence-corrected chi connectivity index (χ3v) is 4.30. The molecule has 3 rings (SSSR count). The number of nitrogens with two attached hydrogens (primary N) is 1. The summed E-state index contributed by atoms with van der Waals surface area (Å²) in [6, 6.07) is 1.27. The number of nitrogen functional groups attached to an aromatic ring is 1. The van der Waals surface area contributed by atoms with E-state index in [1.807, 2.05) is 0 Å². The predicted molar refractivity (Wildman–Crippen MR) is 66.5 cm³/mol. The number of rotatable bonds is 2. The predicted octanol–water partition coefficient (Wildman–Crippen LogP) is 3.28. The van der Waals surface area contributed by atoms with Gasteiger partial charge in [0, 0.05) is 6.04 Å². The van der Waals surface area contributed by atoms with E-state index in [0.717, 1.165) is 24.6 Å². The molecule has 104 valence electrons. The van der Waals surface area contributed by atoms with Crippen LogP contribution in [-0.4, -0.2) is 11.0 Å². The Kier molecular flexibility index (Phi) is 2.83. The number of fused-ring (bicyclic) bond motifs is 2. The normalized spacial score (nSPS) is 29.7. The molecule has 0 spiro atoms. The van der Waals surface area contributed by atoms with Crippen LogP contribution in [0.2, 0.25) is 0 Å². The lowest BCUT2D eigenvalue weighted by Gasteiger charge is -2.25. The maximum atomic E-state index is 12.6. The van der Waals surface area contributed by atoms with Gasteiger partial charge in [0.25, 0.3) is 0 Å². The summed E-state index contributed by atoms with van der Waals surface area (Å²) in [6.07, 6.45) is 1.29. The van der Waals surface area contributed by atoms with Crippen molar-refractivity contribution in [3.63, 3.8) is 0 Å². The molecule has 2 aliphatic carbocycles. The first-order valence-corrected chi connectivity index (χ1v) is 6.52. The summed E-state index contributed by atoms with van der Waals surface area (Å²) in [5.74, 6) is 1.31. The van der Waals surface area contributed by atoms with E-state index in [-0.39, 0.29) is 11.7 Å². The summed E-state index contributed by atoms with van der Waals surface area (Å²) in [5, 5.41) is 3.19. The van der Waals surface area contributed by atoms with Crippen LogP contribution >= 0.6 is 0 Å². The van der Waals surface area contributed by atoms with Gasteiger partial charge < -0.3 is 11.1 Å². The average molecular weight is 271 g/mol. The van der Waals surface area contributed by atoms with Crippen molar-refractivity contribution >= 4 is 11.4 Å². The van der Waals surface area contributed by atoms with Crippen LogP contribution in [0, 0.1) is 11.8 Å². The Bertz CT molecular complexity index is 487. The molecule has 0 aromatic carbocycles. The molecule has 2 saturated carbocycles. The highest BCUT2D eigenvalue weighted by atomic mass is 19.4. The maximum absolute atomic E-state index is 12.6. The number of pyridine rings is 1. The molecule has 2 aliphatic rings. The van der Waals surface area contributed by atoms with Crippen LogP contribution in [-0.2, 0) is 6.18 Å². The molecule has 3 atom stereocenters. The van der Waals surface area contributed by atoms with Crippen LogP contribution in [0.1, 0.15) is 31.4 Å². The van der Waals surface area contributed by atoms with Gasteiger partial charge in [0.1, 0.15) is 5.69 Å². The van der Waals surface area contributed by atoms with Gasteiger partial charge in [-0.2, -0.15) is 13.2 Å². The Morgan fingerprint density at radius 3 is 2.63 bits per heavy atom. The number of hydrogen-bond acceptors (Lipinski definition) is 3. The fourth-order valence-corrected chi connectivity index (χ4v) is 3.37. The number of aromatic nitrogens is 1. The van der Waals surface area contributed by atoms with E-state index in [4.69, 9.17) is 5.73 Å². The molecule has 0 aliphatic heterocycles. The third-order valence-electron chi connectivity index (χ3n) is 4.30. The minimum Gasteiger partial charge on any atom is -0.396 e. The van der Waals surface area contributed by atoms with Crippen LogP contribution in [0.5, 0.6) is 0 Å². The highest BCUT2D eigenvalue weighted by molar-refractivity contribution is 5.66. The molecule has 0 saturated heterocycles. The number of nitrogens with zero attached hydrogens (tertiary/aromatic N) is 1. The molecule has 19 heavy (non-hydrogen) atoms. The van der Waals surface area contributed by atoms with Crippen molar-refractivity contribution in [3.05, 3.63) is 18.0 Å². The molecule has 3 N–H and O–H groups in total. The van der Waals surface area contributed by atoms with Gasteiger partial charge >= 0.3 is 6.18 Å². The van der Waals surface area contributed by atoms with Crippen molar-refractivity contribution in [1.29, 1.82) is 0 Å². The first-order chi connectivity index (χ1) is 8.93. The minimum atomic E-state index is -4.43. The second kappa shape index (κ2) is 4.28. The lowest BCUT2D eigenvalue weighted by molar-refractivity contribution is -0.141. The largest absolute Gasteiger partial charge is 0.433 e. The molecule has 1 aromatic rings. The molecule has 1 aromatic heterocycles. The fraction of sp³-hybridized carbons (Fsp3) is 0.615. The number of anilines is 2. The van der Waals surface area contributed by atoms with Gasteiger partial charge in [-0.05, 0) is 37.2 Å². The quantitative estimate of drug-likeness (QED) is 0.867. The first kappa shape index (κ1) is 12.6. The molecule has 0 radical (unpaired) electrons. The highest BCUT2D eigenvalue weighted by Crippen LogP contribution is 2.46. The number of halogens is 3. The number of alkyl halides is 3. The van der Waals surface area contributed by atoms with Crippen molar-refractivity contribution in [2.75, 3.05) is 11.1 Å². The molecule has 6 heteroatoms. The molecule has 3 unspecified atom stereocenters. The highest BCUT2D eigenvalue weighted by Gasteiger charge is 2.40. The van der Waals surface area contributed by atoms with Crippen LogP contribution in [0.4, 0.5) is 24.5 Å². The molecule has 2 bridgehead atoms. The summed E-state index contributed by atoms with van der Waals surface area (Å²) in [6.45, 7) is 0. The van der Waals surface area contributed by atoms with Crippen molar-refractivity contribution in [1.82, 2.24) is 4.98 Å². The van der Waals surface area contributed by atoms with E-state index in [0.29, 0.717) is 11.6 Å². The van der Waals surface area contributed by atoms with Crippen molar-refractivity contribution in [2.45, 2.75) is 37.9 Å².